The van der Waals surface area contributed by atoms with E-state index in [0.717, 1.165) is 23.1 Å². The van der Waals surface area contributed by atoms with Crippen molar-refractivity contribution >= 4 is 35.4 Å². The summed E-state index contributed by atoms with van der Waals surface area (Å²) in [4.78, 5) is 25.5. The Morgan fingerprint density at radius 1 is 1.08 bits per heavy atom. The number of alkyl halides is 1. The predicted molar refractivity (Wildman–Crippen MR) is 104 cm³/mol. The molecule has 1 fully saturated rings. The van der Waals surface area contributed by atoms with Gasteiger partial charge in [0.1, 0.15) is 16.2 Å². The van der Waals surface area contributed by atoms with E-state index >= 15 is 0 Å². The molecular weight excluding hydrogens is 370 g/mol. The normalized spacial score (nSPS) is 20.4. The number of carbonyl (C=O) groups is 2. The molecular formula is C20H20ClNO3S. The third-order valence-corrected chi connectivity index (χ3v) is 6.40. The van der Waals surface area contributed by atoms with Gasteiger partial charge in [-0.25, -0.2) is 4.79 Å². The Bertz CT molecular complexity index is 758. The van der Waals surface area contributed by atoms with E-state index in [1.165, 1.54) is 4.31 Å². The highest BCUT2D eigenvalue weighted by molar-refractivity contribution is 8.00. The summed E-state index contributed by atoms with van der Waals surface area (Å²) in [6.07, 6.45) is 0. The molecule has 1 aliphatic rings. The number of nitrogens with zero attached hydrogens (tertiary/aromatic N) is 1. The molecule has 1 aliphatic heterocycles. The maximum atomic E-state index is 13.6. The molecule has 0 aliphatic carbocycles. The van der Waals surface area contributed by atoms with Gasteiger partial charge in [0, 0.05) is 0 Å². The van der Waals surface area contributed by atoms with Crippen molar-refractivity contribution in [1.29, 1.82) is 0 Å². The van der Waals surface area contributed by atoms with Crippen molar-refractivity contribution in [2.24, 2.45) is 5.92 Å². The minimum atomic E-state index is -1.13. The van der Waals surface area contributed by atoms with Gasteiger partial charge < -0.3 is 5.11 Å². The van der Waals surface area contributed by atoms with Crippen LogP contribution in [0.1, 0.15) is 25.0 Å². The lowest BCUT2D eigenvalue weighted by molar-refractivity contribution is -0.147. The molecule has 1 saturated heterocycles. The van der Waals surface area contributed by atoms with Crippen molar-refractivity contribution in [2.45, 2.75) is 30.0 Å². The van der Waals surface area contributed by atoms with E-state index in [1.54, 1.807) is 13.8 Å². The van der Waals surface area contributed by atoms with E-state index in [2.05, 4.69) is 0 Å². The maximum absolute atomic E-state index is 13.6. The summed E-state index contributed by atoms with van der Waals surface area (Å²) >= 11 is 7.86. The molecule has 6 heteroatoms. The summed E-state index contributed by atoms with van der Waals surface area (Å²) in [6, 6.07) is 17.7. The maximum Gasteiger partial charge on any atom is 0.327 e. The largest absolute Gasteiger partial charge is 0.480 e. The molecule has 2 aromatic carbocycles. The zero-order chi connectivity index (χ0) is 18.9. The van der Waals surface area contributed by atoms with Gasteiger partial charge >= 0.3 is 5.97 Å². The zero-order valence-electron chi connectivity index (χ0n) is 14.5. The lowest BCUT2D eigenvalue weighted by Crippen LogP contribution is -2.48. The van der Waals surface area contributed by atoms with Crippen LogP contribution in [0.4, 0.5) is 0 Å². The van der Waals surface area contributed by atoms with Crippen LogP contribution < -0.4 is 0 Å². The second kappa shape index (κ2) is 7.33. The van der Waals surface area contributed by atoms with Gasteiger partial charge in [0.25, 0.3) is 5.91 Å². The van der Waals surface area contributed by atoms with Crippen molar-refractivity contribution in [1.82, 2.24) is 4.31 Å². The number of hydrogen-bond donors (Lipinski definition) is 1. The first-order valence-corrected chi connectivity index (χ1v) is 9.66. The molecule has 1 N–H and O–H groups in total. The van der Waals surface area contributed by atoms with E-state index < -0.39 is 22.1 Å². The van der Waals surface area contributed by atoms with Crippen molar-refractivity contribution in [2.75, 3.05) is 0 Å². The van der Waals surface area contributed by atoms with Crippen LogP contribution in [0, 0.1) is 5.92 Å². The first-order chi connectivity index (χ1) is 12.4. The summed E-state index contributed by atoms with van der Waals surface area (Å²) in [5, 5.41) is 9.67. The van der Waals surface area contributed by atoms with E-state index in [9.17, 15) is 14.7 Å². The van der Waals surface area contributed by atoms with Gasteiger partial charge in [0.2, 0.25) is 0 Å². The number of hydrogen-bond acceptors (Lipinski definition) is 3. The highest BCUT2D eigenvalue weighted by atomic mass is 35.5. The number of aliphatic carboxylic acids is 1. The fraction of sp³-hybridized carbons (Fsp3) is 0.300. The molecule has 4 nitrogen and oxygen atoms in total. The first kappa shape index (κ1) is 18.8. The van der Waals surface area contributed by atoms with Crippen LogP contribution in [0.5, 0.6) is 0 Å². The smallest absolute Gasteiger partial charge is 0.327 e. The summed E-state index contributed by atoms with van der Waals surface area (Å²) < 4.78 is 0.699. The molecule has 136 valence electrons. The molecule has 1 heterocycles. The van der Waals surface area contributed by atoms with Crippen LogP contribution in [0.25, 0.3) is 0 Å². The molecule has 0 spiro atoms. The van der Waals surface area contributed by atoms with Crippen LogP contribution in [-0.4, -0.2) is 32.0 Å². The number of halogens is 1. The highest BCUT2D eigenvalue weighted by Gasteiger charge is 2.59. The summed E-state index contributed by atoms with van der Waals surface area (Å²) in [6.45, 7) is 3.59. The Hall–Kier alpha value is -1.98. The standard InChI is InChI=1S/C20H20ClNO3S/c1-13(2)16(17(23)24)22-19(25)20(18(21)26-22,14-9-5-3-6-10-14)15-11-7-4-8-12-15/h3-13,16,18H,1-2H3,(H,23,24). The number of benzene rings is 2. The van der Waals surface area contributed by atoms with Crippen molar-refractivity contribution in [3.05, 3.63) is 71.8 Å². The molecule has 0 bridgehead atoms. The Morgan fingerprint density at radius 3 is 1.92 bits per heavy atom. The summed E-state index contributed by atoms with van der Waals surface area (Å²) in [5.74, 6) is -1.56. The van der Waals surface area contributed by atoms with Crippen molar-refractivity contribution in [3.63, 3.8) is 0 Å². The highest BCUT2D eigenvalue weighted by Crippen LogP contribution is 2.53. The van der Waals surface area contributed by atoms with E-state index in [-0.39, 0.29) is 11.8 Å². The van der Waals surface area contributed by atoms with E-state index in [4.69, 9.17) is 11.6 Å². The molecule has 1 amide bonds. The minimum absolute atomic E-state index is 0.241. The van der Waals surface area contributed by atoms with Crippen molar-refractivity contribution < 1.29 is 14.7 Å². The monoisotopic (exact) mass is 389 g/mol. The Labute approximate surface area is 162 Å². The molecule has 3 rings (SSSR count). The van der Waals surface area contributed by atoms with Gasteiger partial charge in [-0.1, -0.05) is 74.5 Å². The van der Waals surface area contributed by atoms with Crippen LogP contribution in [0.2, 0.25) is 0 Å². The lowest BCUT2D eigenvalue weighted by atomic mass is 9.74. The second-order valence-electron chi connectivity index (χ2n) is 6.62. The molecule has 0 radical (unpaired) electrons. The summed E-state index contributed by atoms with van der Waals surface area (Å²) in [5.41, 5.74) is 0.398. The van der Waals surface area contributed by atoms with Gasteiger partial charge in [0.15, 0.2) is 0 Å². The Balaban J connectivity index is 2.19. The van der Waals surface area contributed by atoms with Gasteiger partial charge in [-0.2, -0.15) is 0 Å². The number of carboxylic acids is 1. The first-order valence-electron chi connectivity index (χ1n) is 8.39. The molecule has 0 saturated carbocycles. The van der Waals surface area contributed by atoms with Gasteiger partial charge in [-0.05, 0) is 29.0 Å². The van der Waals surface area contributed by atoms with Crippen LogP contribution >= 0.6 is 23.5 Å². The van der Waals surface area contributed by atoms with Crippen LogP contribution in [0.15, 0.2) is 60.7 Å². The van der Waals surface area contributed by atoms with E-state index in [0.29, 0.717) is 0 Å². The van der Waals surface area contributed by atoms with E-state index in [1.807, 2.05) is 60.7 Å². The van der Waals surface area contributed by atoms with Gasteiger partial charge in [-0.3, -0.25) is 9.10 Å². The predicted octanol–water partition coefficient (Wildman–Crippen LogP) is 4.14. The zero-order valence-corrected chi connectivity index (χ0v) is 16.1. The van der Waals surface area contributed by atoms with Crippen molar-refractivity contribution in [3.8, 4) is 0 Å². The quantitative estimate of drug-likeness (QED) is 0.616. The minimum Gasteiger partial charge on any atom is -0.480 e. The third-order valence-electron chi connectivity index (χ3n) is 4.68. The SMILES string of the molecule is CC(C)C(C(=O)O)N1SC(Cl)C(c2ccccc2)(c2ccccc2)C1=O. The Morgan fingerprint density at radius 2 is 1.54 bits per heavy atom. The average Bonchev–Trinajstić information content (AvgIpc) is 2.87. The lowest BCUT2D eigenvalue weighted by Gasteiger charge is -2.31. The van der Waals surface area contributed by atoms with Gasteiger partial charge in [-0.15, -0.1) is 11.6 Å². The number of amides is 1. The molecule has 2 aromatic rings. The fourth-order valence-corrected chi connectivity index (χ4v) is 5.46. The van der Waals surface area contributed by atoms with Gasteiger partial charge in [0.05, 0.1) is 0 Å². The average molecular weight is 390 g/mol. The van der Waals surface area contributed by atoms with Crippen LogP contribution in [0.3, 0.4) is 0 Å². The molecule has 2 unspecified atom stereocenters. The second-order valence-corrected chi connectivity index (χ2v) is 8.39. The number of carbonyl (C=O) groups excluding carboxylic acids is 1. The number of rotatable bonds is 5. The fourth-order valence-electron chi connectivity index (χ4n) is 3.42. The molecule has 2 atom stereocenters. The van der Waals surface area contributed by atoms with Crippen LogP contribution in [-0.2, 0) is 15.0 Å². The topological polar surface area (TPSA) is 57.6 Å². The third kappa shape index (κ3) is 2.89. The molecule has 26 heavy (non-hydrogen) atoms. The number of carboxylic acid groups (broad SMARTS) is 1. The summed E-state index contributed by atoms with van der Waals surface area (Å²) in [7, 11) is 0. The Kier molecular flexibility index (Phi) is 5.30. The molecule has 0 aromatic heterocycles.